The number of carbonyl (C=O) groups excluding carboxylic acids is 1. The molecule has 0 radical (unpaired) electrons. The maximum Gasteiger partial charge on any atom is 0.269 e. The second kappa shape index (κ2) is 10.3. The van der Waals surface area contributed by atoms with Crippen molar-refractivity contribution >= 4 is 29.0 Å². The number of hydrogen-bond donors (Lipinski definition) is 1. The van der Waals surface area contributed by atoms with Crippen molar-refractivity contribution in [3.63, 3.8) is 0 Å². The summed E-state index contributed by atoms with van der Waals surface area (Å²) >= 11 is 1.29. The standard InChI is InChI=1S/C25H23N5O3S/c1-17-8-10-20(11-9-17)29-23(15-19-6-4-3-5-7-19)27-28-25(29)34-16-24(31)26-22-13-12-21(30(32)33)14-18(22)2/h3-14H,15-16H2,1-2H3,(H,26,31). The fourth-order valence-corrected chi connectivity index (χ4v) is 4.23. The molecule has 0 fully saturated rings. The summed E-state index contributed by atoms with van der Waals surface area (Å²) in [6, 6.07) is 22.5. The minimum atomic E-state index is -0.459. The maximum atomic E-state index is 12.6. The molecule has 1 amide bonds. The van der Waals surface area contributed by atoms with Crippen molar-refractivity contribution in [1.82, 2.24) is 14.8 Å². The molecular weight excluding hydrogens is 450 g/mol. The molecule has 3 aromatic carbocycles. The zero-order chi connectivity index (χ0) is 24.1. The molecule has 0 spiro atoms. The average Bonchev–Trinajstić information content (AvgIpc) is 3.22. The molecule has 0 aliphatic rings. The highest BCUT2D eigenvalue weighted by atomic mass is 32.2. The van der Waals surface area contributed by atoms with Crippen molar-refractivity contribution in [1.29, 1.82) is 0 Å². The van der Waals surface area contributed by atoms with Crippen LogP contribution in [-0.4, -0.2) is 31.3 Å². The molecule has 4 aromatic rings. The first-order chi connectivity index (χ1) is 16.4. The molecule has 9 heteroatoms. The van der Waals surface area contributed by atoms with Crippen LogP contribution in [0.3, 0.4) is 0 Å². The van der Waals surface area contributed by atoms with Gasteiger partial charge >= 0.3 is 0 Å². The quantitative estimate of drug-likeness (QED) is 0.217. The molecule has 1 aromatic heterocycles. The fraction of sp³-hybridized carbons (Fsp3) is 0.160. The van der Waals surface area contributed by atoms with E-state index < -0.39 is 4.92 Å². The van der Waals surface area contributed by atoms with Gasteiger partial charge in [-0.1, -0.05) is 59.8 Å². The number of nitrogens with zero attached hydrogens (tertiary/aromatic N) is 4. The predicted molar refractivity (Wildman–Crippen MR) is 133 cm³/mol. The van der Waals surface area contributed by atoms with Crippen LogP contribution in [0.5, 0.6) is 0 Å². The number of carbonyl (C=O) groups is 1. The Morgan fingerprint density at radius 3 is 2.44 bits per heavy atom. The molecule has 4 rings (SSSR count). The predicted octanol–water partition coefficient (Wildman–Crippen LogP) is 5.11. The number of hydrogen-bond acceptors (Lipinski definition) is 6. The lowest BCUT2D eigenvalue weighted by molar-refractivity contribution is -0.384. The highest BCUT2D eigenvalue weighted by molar-refractivity contribution is 7.99. The van der Waals surface area contributed by atoms with E-state index in [4.69, 9.17) is 0 Å². The first kappa shape index (κ1) is 23.2. The van der Waals surface area contributed by atoms with E-state index in [0.29, 0.717) is 22.8 Å². The van der Waals surface area contributed by atoms with Gasteiger partial charge in [0.2, 0.25) is 5.91 Å². The van der Waals surface area contributed by atoms with Gasteiger partial charge in [0.15, 0.2) is 5.16 Å². The number of nitro groups is 1. The molecule has 0 unspecified atom stereocenters. The molecule has 0 bridgehead atoms. The minimum Gasteiger partial charge on any atom is -0.325 e. The molecule has 1 heterocycles. The van der Waals surface area contributed by atoms with Gasteiger partial charge in [-0.25, -0.2) is 0 Å². The molecule has 1 N–H and O–H groups in total. The second-order valence-electron chi connectivity index (χ2n) is 7.83. The van der Waals surface area contributed by atoms with Crippen molar-refractivity contribution in [3.8, 4) is 5.69 Å². The Morgan fingerprint density at radius 1 is 1.03 bits per heavy atom. The Hall–Kier alpha value is -3.98. The third-order valence-corrected chi connectivity index (χ3v) is 6.15. The first-order valence-electron chi connectivity index (χ1n) is 10.6. The summed E-state index contributed by atoms with van der Waals surface area (Å²) in [5.74, 6) is 0.667. The molecule has 172 valence electrons. The summed E-state index contributed by atoms with van der Waals surface area (Å²) in [5.41, 5.74) is 4.35. The van der Waals surface area contributed by atoms with E-state index >= 15 is 0 Å². The lowest BCUT2D eigenvalue weighted by Crippen LogP contribution is -2.15. The Balaban J connectivity index is 1.52. The van der Waals surface area contributed by atoms with Crippen molar-refractivity contribution < 1.29 is 9.72 Å². The SMILES string of the molecule is Cc1ccc(-n2c(Cc3ccccc3)nnc2SCC(=O)Nc2ccc([N+](=O)[O-])cc2C)cc1. The van der Waals surface area contributed by atoms with Crippen molar-refractivity contribution in [2.75, 3.05) is 11.1 Å². The lowest BCUT2D eigenvalue weighted by Gasteiger charge is -2.11. The first-order valence-corrected chi connectivity index (χ1v) is 11.6. The van der Waals surface area contributed by atoms with E-state index in [2.05, 4.69) is 15.5 Å². The fourth-order valence-electron chi connectivity index (χ4n) is 3.46. The van der Waals surface area contributed by atoms with E-state index in [1.165, 1.54) is 23.9 Å². The number of benzene rings is 3. The Bertz CT molecular complexity index is 1320. The van der Waals surface area contributed by atoms with Crippen molar-refractivity contribution in [2.45, 2.75) is 25.4 Å². The van der Waals surface area contributed by atoms with Crippen LogP contribution in [0, 0.1) is 24.0 Å². The molecule has 0 saturated heterocycles. The van der Waals surface area contributed by atoms with Crippen LogP contribution >= 0.6 is 11.8 Å². The third-order valence-electron chi connectivity index (χ3n) is 5.22. The normalized spacial score (nSPS) is 10.8. The van der Waals surface area contributed by atoms with Crippen LogP contribution in [0.25, 0.3) is 5.69 Å². The number of aromatic nitrogens is 3. The summed E-state index contributed by atoms with van der Waals surface area (Å²) in [4.78, 5) is 23.1. The van der Waals surface area contributed by atoms with E-state index in [9.17, 15) is 14.9 Å². The minimum absolute atomic E-state index is 0.0120. The molecular formula is C25H23N5O3S. The number of rotatable bonds is 8. The number of non-ortho nitro benzene ring substituents is 1. The van der Waals surface area contributed by atoms with Gasteiger partial charge in [-0.15, -0.1) is 10.2 Å². The van der Waals surface area contributed by atoms with Gasteiger partial charge in [-0.05, 0) is 43.2 Å². The molecule has 0 saturated carbocycles. The monoisotopic (exact) mass is 473 g/mol. The maximum absolute atomic E-state index is 12.6. The van der Waals surface area contributed by atoms with Crippen LogP contribution in [-0.2, 0) is 11.2 Å². The Labute approximate surface area is 201 Å². The molecule has 0 atom stereocenters. The van der Waals surface area contributed by atoms with Gasteiger partial charge in [0, 0.05) is 29.9 Å². The Morgan fingerprint density at radius 2 is 1.76 bits per heavy atom. The number of amides is 1. The number of nitro benzene ring substituents is 1. The summed E-state index contributed by atoms with van der Waals surface area (Å²) < 4.78 is 1.97. The number of aryl methyl sites for hydroxylation is 2. The van der Waals surface area contributed by atoms with E-state index in [-0.39, 0.29) is 17.3 Å². The van der Waals surface area contributed by atoms with Crippen LogP contribution in [0.15, 0.2) is 78.0 Å². The average molecular weight is 474 g/mol. The van der Waals surface area contributed by atoms with Gasteiger partial charge < -0.3 is 5.32 Å². The van der Waals surface area contributed by atoms with Gasteiger partial charge in [-0.3, -0.25) is 19.5 Å². The van der Waals surface area contributed by atoms with Gasteiger partial charge in [0.25, 0.3) is 5.69 Å². The van der Waals surface area contributed by atoms with Gasteiger partial charge in [-0.2, -0.15) is 0 Å². The summed E-state index contributed by atoms with van der Waals surface area (Å²) in [6.07, 6.45) is 0.608. The van der Waals surface area contributed by atoms with E-state index in [1.807, 2.05) is 66.1 Å². The smallest absolute Gasteiger partial charge is 0.269 e. The van der Waals surface area contributed by atoms with E-state index in [1.54, 1.807) is 13.0 Å². The Kier molecular flexibility index (Phi) is 7.03. The highest BCUT2D eigenvalue weighted by Gasteiger charge is 2.17. The molecule has 0 aliphatic heterocycles. The van der Waals surface area contributed by atoms with E-state index in [0.717, 1.165) is 22.6 Å². The van der Waals surface area contributed by atoms with Gasteiger partial charge in [0.1, 0.15) is 5.82 Å². The largest absolute Gasteiger partial charge is 0.325 e. The topological polar surface area (TPSA) is 103 Å². The third kappa shape index (κ3) is 5.49. The highest BCUT2D eigenvalue weighted by Crippen LogP contribution is 2.25. The number of thioether (sulfide) groups is 1. The summed E-state index contributed by atoms with van der Waals surface area (Å²) in [6.45, 7) is 3.75. The van der Waals surface area contributed by atoms with Crippen LogP contribution in [0.2, 0.25) is 0 Å². The van der Waals surface area contributed by atoms with Crippen molar-refractivity contribution in [2.24, 2.45) is 0 Å². The molecule has 0 aliphatic carbocycles. The van der Waals surface area contributed by atoms with Crippen LogP contribution < -0.4 is 5.32 Å². The van der Waals surface area contributed by atoms with Crippen LogP contribution in [0.4, 0.5) is 11.4 Å². The molecule has 34 heavy (non-hydrogen) atoms. The number of anilines is 1. The van der Waals surface area contributed by atoms with Crippen LogP contribution in [0.1, 0.15) is 22.5 Å². The van der Waals surface area contributed by atoms with Crippen molar-refractivity contribution in [3.05, 3.63) is 105 Å². The van der Waals surface area contributed by atoms with Gasteiger partial charge in [0.05, 0.1) is 10.7 Å². The summed E-state index contributed by atoms with van der Waals surface area (Å²) in [5, 5.41) is 23.1. The molecule has 8 nitrogen and oxygen atoms in total. The number of nitrogens with one attached hydrogen (secondary N) is 1. The zero-order valence-electron chi connectivity index (χ0n) is 18.8. The lowest BCUT2D eigenvalue weighted by atomic mass is 10.1. The summed E-state index contributed by atoms with van der Waals surface area (Å²) in [7, 11) is 0. The second-order valence-corrected chi connectivity index (χ2v) is 8.77. The zero-order valence-corrected chi connectivity index (χ0v) is 19.6.